The third-order valence-electron chi connectivity index (χ3n) is 4.92. The Morgan fingerprint density at radius 3 is 2.23 bits per heavy atom. The van der Waals surface area contributed by atoms with Gasteiger partial charge in [0.2, 0.25) is 5.91 Å². The normalized spacial score (nSPS) is 14.6. The molecule has 0 atom stereocenters. The molecule has 0 bridgehead atoms. The molecule has 178 valence electrons. The van der Waals surface area contributed by atoms with Crippen LogP contribution in [0.1, 0.15) is 11.1 Å². The van der Waals surface area contributed by atoms with Crippen molar-refractivity contribution in [1.29, 1.82) is 0 Å². The number of amides is 3. The largest absolute Gasteiger partial charge is 0.322 e. The molecule has 10 heteroatoms. The smallest absolute Gasteiger partial charge is 0.294 e. The van der Waals surface area contributed by atoms with Crippen molar-refractivity contribution in [1.82, 2.24) is 4.90 Å². The first kappa shape index (κ1) is 24.6. The predicted molar refractivity (Wildman–Crippen MR) is 129 cm³/mol. The van der Waals surface area contributed by atoms with Crippen molar-refractivity contribution in [2.24, 2.45) is 0 Å². The summed E-state index contributed by atoms with van der Waals surface area (Å²) in [7, 11) is 0. The number of hydrogen-bond acceptors (Lipinski definition) is 5. The lowest BCUT2D eigenvalue weighted by atomic mass is 10.2. The second kappa shape index (κ2) is 10.4. The number of hydrogen-bond donors (Lipinski definition) is 1. The van der Waals surface area contributed by atoms with E-state index < -0.39 is 46.7 Å². The molecule has 5 nitrogen and oxygen atoms in total. The third kappa shape index (κ3) is 5.77. The molecule has 1 N–H and O–H groups in total. The Labute approximate surface area is 207 Å². The van der Waals surface area contributed by atoms with Crippen LogP contribution < -0.4 is 5.32 Å². The molecule has 35 heavy (non-hydrogen) atoms. The van der Waals surface area contributed by atoms with Crippen molar-refractivity contribution >= 4 is 52.3 Å². The second-order valence-corrected chi connectivity index (χ2v) is 9.66. The number of benzene rings is 3. The van der Waals surface area contributed by atoms with Gasteiger partial charge in [-0.1, -0.05) is 41.6 Å². The number of carbonyl (C=O) groups excluding carboxylic acids is 3. The summed E-state index contributed by atoms with van der Waals surface area (Å²) in [5.41, 5.74) is 1.27. The maximum Gasteiger partial charge on any atom is 0.294 e. The van der Waals surface area contributed by atoms with E-state index in [2.05, 4.69) is 0 Å². The number of thioether (sulfide) groups is 1. The topological polar surface area (TPSA) is 66.5 Å². The SMILES string of the molecule is Cc1ccc(Sc2ccc(/C=C3\SC(=O)N(CC(=O)Nc4ccc(F)c(F)c4F)C3=O)cc2)cc1. The summed E-state index contributed by atoms with van der Waals surface area (Å²) in [6, 6.07) is 17.0. The van der Waals surface area contributed by atoms with Gasteiger partial charge in [-0.3, -0.25) is 19.3 Å². The number of anilines is 1. The molecule has 1 saturated heterocycles. The van der Waals surface area contributed by atoms with E-state index in [0.717, 1.165) is 15.9 Å². The monoisotopic (exact) mass is 514 g/mol. The van der Waals surface area contributed by atoms with Crippen LogP contribution in [0.4, 0.5) is 23.7 Å². The molecule has 0 radical (unpaired) electrons. The Balaban J connectivity index is 1.40. The van der Waals surface area contributed by atoms with E-state index in [0.29, 0.717) is 28.3 Å². The highest BCUT2D eigenvalue weighted by molar-refractivity contribution is 8.18. The first-order valence-electron chi connectivity index (χ1n) is 10.2. The Bertz CT molecular complexity index is 1340. The van der Waals surface area contributed by atoms with E-state index >= 15 is 0 Å². The summed E-state index contributed by atoms with van der Waals surface area (Å²) >= 11 is 2.26. The van der Waals surface area contributed by atoms with Gasteiger partial charge in [0.25, 0.3) is 11.1 Å². The fraction of sp³-hybridized carbons (Fsp3) is 0.0800. The standard InChI is InChI=1S/C25H17F3N2O3S2/c1-14-2-6-16(7-3-14)34-17-8-4-15(5-9-17)12-20-24(32)30(25(33)35-20)13-21(31)29-19-11-10-18(26)22(27)23(19)28/h2-12H,13H2,1H3,(H,29,31)/b20-12-. The third-order valence-corrected chi connectivity index (χ3v) is 6.84. The van der Waals surface area contributed by atoms with Crippen LogP contribution >= 0.6 is 23.5 Å². The van der Waals surface area contributed by atoms with Gasteiger partial charge in [0.15, 0.2) is 17.5 Å². The highest BCUT2D eigenvalue weighted by Crippen LogP contribution is 2.33. The van der Waals surface area contributed by atoms with E-state index in [1.54, 1.807) is 11.8 Å². The Hall–Kier alpha value is -3.50. The Morgan fingerprint density at radius 2 is 1.57 bits per heavy atom. The van der Waals surface area contributed by atoms with Crippen molar-refractivity contribution in [2.45, 2.75) is 16.7 Å². The number of nitrogens with one attached hydrogen (secondary N) is 1. The summed E-state index contributed by atoms with van der Waals surface area (Å²) in [6.45, 7) is 1.32. The molecule has 0 saturated carbocycles. The molecular formula is C25H17F3N2O3S2. The lowest BCUT2D eigenvalue weighted by molar-refractivity contribution is -0.127. The zero-order valence-corrected chi connectivity index (χ0v) is 19.8. The number of carbonyl (C=O) groups is 3. The molecule has 0 aromatic heterocycles. The maximum absolute atomic E-state index is 13.8. The molecule has 4 rings (SSSR count). The minimum Gasteiger partial charge on any atom is -0.322 e. The van der Waals surface area contributed by atoms with Gasteiger partial charge < -0.3 is 5.32 Å². The Morgan fingerprint density at radius 1 is 0.943 bits per heavy atom. The lowest BCUT2D eigenvalue weighted by Crippen LogP contribution is -2.36. The van der Waals surface area contributed by atoms with Crippen molar-refractivity contribution in [3.63, 3.8) is 0 Å². The van der Waals surface area contributed by atoms with Crippen LogP contribution in [-0.4, -0.2) is 28.5 Å². The van der Waals surface area contributed by atoms with Gasteiger partial charge in [0.1, 0.15) is 6.54 Å². The minimum absolute atomic E-state index is 0.126. The van der Waals surface area contributed by atoms with Gasteiger partial charge in [-0.25, -0.2) is 13.2 Å². The zero-order valence-electron chi connectivity index (χ0n) is 18.2. The molecule has 1 aliphatic rings. The van der Waals surface area contributed by atoms with E-state index in [1.807, 2.05) is 60.8 Å². The number of imide groups is 1. The highest BCUT2D eigenvalue weighted by Gasteiger charge is 2.36. The predicted octanol–water partition coefficient (Wildman–Crippen LogP) is 6.24. The van der Waals surface area contributed by atoms with Gasteiger partial charge in [-0.05, 0) is 66.7 Å². The van der Waals surface area contributed by atoms with Gasteiger partial charge in [-0.15, -0.1) is 0 Å². The number of aryl methyl sites for hydroxylation is 1. The fourth-order valence-electron chi connectivity index (χ4n) is 3.12. The molecule has 0 unspecified atom stereocenters. The first-order valence-corrected chi connectivity index (χ1v) is 11.9. The summed E-state index contributed by atoms with van der Waals surface area (Å²) < 4.78 is 40.2. The second-order valence-electron chi connectivity index (χ2n) is 7.52. The van der Waals surface area contributed by atoms with Crippen molar-refractivity contribution < 1.29 is 27.6 Å². The average Bonchev–Trinajstić information content (AvgIpc) is 3.09. The molecule has 0 aliphatic carbocycles. The lowest BCUT2D eigenvalue weighted by Gasteiger charge is -2.13. The van der Waals surface area contributed by atoms with Crippen molar-refractivity contribution in [3.8, 4) is 0 Å². The Kier molecular flexibility index (Phi) is 7.32. The van der Waals surface area contributed by atoms with E-state index in [4.69, 9.17) is 0 Å². The molecule has 1 fully saturated rings. The van der Waals surface area contributed by atoms with Crippen LogP contribution in [0.3, 0.4) is 0 Å². The first-order chi connectivity index (χ1) is 16.7. The van der Waals surface area contributed by atoms with E-state index in [-0.39, 0.29) is 4.91 Å². The maximum atomic E-state index is 13.8. The number of halogens is 3. The molecule has 0 spiro atoms. The van der Waals surface area contributed by atoms with E-state index in [1.165, 1.54) is 11.6 Å². The van der Waals surface area contributed by atoms with Crippen LogP contribution in [0.15, 0.2) is 75.4 Å². The minimum atomic E-state index is -1.74. The van der Waals surface area contributed by atoms with Crippen LogP contribution in [0.5, 0.6) is 0 Å². The summed E-state index contributed by atoms with van der Waals surface area (Å²) in [4.78, 5) is 40.1. The van der Waals surface area contributed by atoms with Crippen molar-refractivity contribution in [2.75, 3.05) is 11.9 Å². The molecule has 1 heterocycles. The molecular weight excluding hydrogens is 497 g/mol. The van der Waals surface area contributed by atoms with Crippen LogP contribution in [-0.2, 0) is 9.59 Å². The molecule has 3 aromatic carbocycles. The summed E-state index contributed by atoms with van der Waals surface area (Å²) in [5, 5.41) is 1.37. The summed E-state index contributed by atoms with van der Waals surface area (Å²) in [5.74, 6) is -6.33. The van der Waals surface area contributed by atoms with Gasteiger partial charge in [0, 0.05) is 9.79 Å². The van der Waals surface area contributed by atoms with Gasteiger partial charge in [-0.2, -0.15) is 0 Å². The van der Waals surface area contributed by atoms with Gasteiger partial charge in [0.05, 0.1) is 10.6 Å². The summed E-state index contributed by atoms with van der Waals surface area (Å²) in [6.07, 6.45) is 1.54. The molecule has 3 aromatic rings. The van der Waals surface area contributed by atoms with Crippen molar-refractivity contribution in [3.05, 3.63) is 94.1 Å². The van der Waals surface area contributed by atoms with Crippen LogP contribution in [0.25, 0.3) is 6.08 Å². The molecule has 1 aliphatic heterocycles. The van der Waals surface area contributed by atoms with Crippen LogP contribution in [0, 0.1) is 24.4 Å². The molecule has 3 amide bonds. The van der Waals surface area contributed by atoms with E-state index in [9.17, 15) is 27.6 Å². The van der Waals surface area contributed by atoms with Crippen LogP contribution in [0.2, 0.25) is 0 Å². The number of nitrogens with zero attached hydrogens (tertiary/aromatic N) is 1. The number of rotatable bonds is 6. The highest BCUT2D eigenvalue weighted by atomic mass is 32.2. The van der Waals surface area contributed by atoms with Gasteiger partial charge >= 0.3 is 0 Å². The average molecular weight is 515 g/mol. The zero-order chi connectivity index (χ0) is 25.1. The quantitative estimate of drug-likeness (QED) is 0.312. The fourth-order valence-corrected chi connectivity index (χ4v) is 4.77.